The van der Waals surface area contributed by atoms with Crippen molar-refractivity contribution in [2.24, 2.45) is 0 Å². The molecule has 5 heteroatoms. The van der Waals surface area contributed by atoms with E-state index in [0.29, 0.717) is 12.8 Å². The minimum Gasteiger partial charge on any atom is -0.462 e. The molecule has 0 aromatic heterocycles. The highest BCUT2D eigenvalue weighted by Gasteiger charge is 2.15. The Labute approximate surface area is 296 Å². The predicted molar refractivity (Wildman–Crippen MR) is 205 cm³/mol. The van der Waals surface area contributed by atoms with Crippen LogP contribution in [-0.4, -0.2) is 36.4 Å². The molecular formula is C43H74O5. The van der Waals surface area contributed by atoms with Gasteiger partial charge in [-0.1, -0.05) is 152 Å². The van der Waals surface area contributed by atoms with Crippen molar-refractivity contribution in [3.8, 4) is 0 Å². The van der Waals surface area contributed by atoms with Crippen molar-refractivity contribution >= 4 is 11.9 Å². The maximum absolute atomic E-state index is 12.1. The highest BCUT2D eigenvalue weighted by atomic mass is 16.6. The van der Waals surface area contributed by atoms with Gasteiger partial charge in [0.25, 0.3) is 0 Å². The average molecular weight is 671 g/mol. The second-order valence-corrected chi connectivity index (χ2v) is 13.0. The van der Waals surface area contributed by atoms with E-state index < -0.39 is 6.10 Å². The predicted octanol–water partition coefficient (Wildman–Crippen LogP) is 12.4. The summed E-state index contributed by atoms with van der Waals surface area (Å²) in [6.07, 6.45) is 50.0. The summed E-state index contributed by atoms with van der Waals surface area (Å²) in [4.78, 5) is 24.2. The van der Waals surface area contributed by atoms with E-state index in [-0.39, 0.29) is 31.6 Å². The van der Waals surface area contributed by atoms with E-state index in [4.69, 9.17) is 9.47 Å². The number of unbranched alkanes of at least 4 members (excludes halogenated alkanes) is 17. The van der Waals surface area contributed by atoms with E-state index in [2.05, 4.69) is 74.6 Å². The first-order chi connectivity index (χ1) is 23.6. The topological polar surface area (TPSA) is 72.8 Å². The SMILES string of the molecule is CCCCCC=CCC=CCCCCCCCCCC(=O)OC[C@H](CO)OC(=O)CCCC=CCC=CCC=CCCCCCCCC. The lowest BCUT2D eigenvalue weighted by atomic mass is 10.1. The van der Waals surface area contributed by atoms with Crippen LogP contribution in [0.4, 0.5) is 0 Å². The number of hydrogen-bond donors (Lipinski definition) is 1. The number of carbonyl (C=O) groups is 2. The van der Waals surface area contributed by atoms with Gasteiger partial charge in [0, 0.05) is 12.8 Å². The molecule has 0 aliphatic carbocycles. The van der Waals surface area contributed by atoms with Crippen LogP contribution < -0.4 is 0 Å². The Morgan fingerprint density at radius 2 is 0.854 bits per heavy atom. The number of carbonyl (C=O) groups excluding carboxylic acids is 2. The Morgan fingerprint density at radius 3 is 1.35 bits per heavy atom. The van der Waals surface area contributed by atoms with Crippen LogP contribution in [0.3, 0.4) is 0 Å². The number of aliphatic hydroxyl groups is 1. The van der Waals surface area contributed by atoms with Gasteiger partial charge in [-0.15, -0.1) is 0 Å². The van der Waals surface area contributed by atoms with Crippen LogP contribution in [0.5, 0.6) is 0 Å². The molecule has 0 fully saturated rings. The van der Waals surface area contributed by atoms with Crippen LogP contribution >= 0.6 is 0 Å². The number of esters is 2. The van der Waals surface area contributed by atoms with Gasteiger partial charge < -0.3 is 14.6 Å². The third-order valence-corrected chi connectivity index (χ3v) is 8.28. The van der Waals surface area contributed by atoms with Gasteiger partial charge in [0.2, 0.25) is 0 Å². The third kappa shape index (κ3) is 36.4. The number of aliphatic hydroxyl groups excluding tert-OH is 1. The molecule has 5 nitrogen and oxygen atoms in total. The summed E-state index contributed by atoms with van der Waals surface area (Å²) in [7, 11) is 0. The molecule has 0 rings (SSSR count). The van der Waals surface area contributed by atoms with E-state index in [1.807, 2.05) is 0 Å². The van der Waals surface area contributed by atoms with Gasteiger partial charge in [0.05, 0.1) is 6.61 Å². The summed E-state index contributed by atoms with van der Waals surface area (Å²) < 4.78 is 10.6. The van der Waals surface area contributed by atoms with Crippen molar-refractivity contribution in [1.82, 2.24) is 0 Å². The van der Waals surface area contributed by atoms with E-state index in [0.717, 1.165) is 51.4 Å². The minimum absolute atomic E-state index is 0.0920. The van der Waals surface area contributed by atoms with E-state index in [1.165, 1.54) is 96.3 Å². The Bertz CT molecular complexity index is 853. The van der Waals surface area contributed by atoms with Crippen molar-refractivity contribution in [2.75, 3.05) is 13.2 Å². The minimum atomic E-state index is -0.802. The number of ether oxygens (including phenoxy) is 2. The van der Waals surface area contributed by atoms with Crippen molar-refractivity contribution in [1.29, 1.82) is 0 Å². The molecule has 0 heterocycles. The van der Waals surface area contributed by atoms with E-state index in [9.17, 15) is 14.7 Å². The maximum Gasteiger partial charge on any atom is 0.306 e. The lowest BCUT2D eigenvalue weighted by molar-refractivity contribution is -0.161. The summed E-state index contributed by atoms with van der Waals surface area (Å²) in [5, 5.41) is 9.54. The molecule has 0 saturated heterocycles. The van der Waals surface area contributed by atoms with Gasteiger partial charge >= 0.3 is 11.9 Å². The van der Waals surface area contributed by atoms with Gasteiger partial charge in [0.15, 0.2) is 6.10 Å². The number of rotatable bonds is 35. The quantitative estimate of drug-likeness (QED) is 0.0413. The molecule has 0 aliphatic heterocycles. The maximum atomic E-state index is 12.1. The van der Waals surface area contributed by atoms with Crippen LogP contribution in [0.2, 0.25) is 0 Å². The van der Waals surface area contributed by atoms with Gasteiger partial charge in [-0.2, -0.15) is 0 Å². The monoisotopic (exact) mass is 671 g/mol. The Kier molecular flexibility index (Phi) is 37.1. The molecule has 0 aliphatic rings. The zero-order valence-corrected chi connectivity index (χ0v) is 31.2. The number of hydrogen-bond acceptors (Lipinski definition) is 5. The summed E-state index contributed by atoms with van der Waals surface area (Å²) >= 11 is 0. The normalized spacial score (nSPS) is 12.8. The second-order valence-electron chi connectivity index (χ2n) is 13.0. The smallest absolute Gasteiger partial charge is 0.306 e. The fraction of sp³-hybridized carbons (Fsp3) is 0.721. The van der Waals surface area contributed by atoms with Crippen molar-refractivity contribution in [3.05, 3.63) is 60.8 Å². The molecule has 0 bridgehead atoms. The van der Waals surface area contributed by atoms with Gasteiger partial charge in [-0.05, 0) is 77.0 Å². The van der Waals surface area contributed by atoms with Crippen molar-refractivity contribution < 1.29 is 24.2 Å². The Morgan fingerprint density at radius 1 is 0.479 bits per heavy atom. The van der Waals surface area contributed by atoms with Crippen LogP contribution in [0, 0.1) is 0 Å². The Hall–Kier alpha value is -2.40. The average Bonchev–Trinajstić information content (AvgIpc) is 3.09. The lowest BCUT2D eigenvalue weighted by Gasteiger charge is -2.15. The zero-order chi connectivity index (χ0) is 35.0. The molecule has 0 aromatic carbocycles. The fourth-order valence-electron chi connectivity index (χ4n) is 5.25. The Balaban J connectivity index is 3.67. The van der Waals surface area contributed by atoms with E-state index in [1.54, 1.807) is 0 Å². The molecule has 48 heavy (non-hydrogen) atoms. The van der Waals surface area contributed by atoms with Gasteiger partial charge in [0.1, 0.15) is 6.61 Å². The van der Waals surface area contributed by atoms with Crippen molar-refractivity contribution in [2.45, 2.75) is 187 Å². The van der Waals surface area contributed by atoms with Crippen LogP contribution in [0.15, 0.2) is 60.8 Å². The zero-order valence-electron chi connectivity index (χ0n) is 31.2. The standard InChI is InChI=1S/C43H74O5/c1-3-5-7-9-11-13-15-17-19-21-23-25-27-29-31-33-35-37-42(45)47-40-41(39-44)48-43(46)38-36-34-32-30-28-26-24-22-20-18-16-14-12-10-8-6-4-2/h11,13,17-20,24,26,30,32,41,44H,3-10,12,14-16,21-23,25,27-29,31,33-40H2,1-2H3/t41-/m0/s1. The molecule has 0 amide bonds. The molecule has 1 N–H and O–H groups in total. The van der Waals surface area contributed by atoms with Crippen LogP contribution in [0.25, 0.3) is 0 Å². The first-order valence-corrected chi connectivity index (χ1v) is 19.8. The molecule has 276 valence electrons. The van der Waals surface area contributed by atoms with Crippen LogP contribution in [0.1, 0.15) is 181 Å². The molecule has 0 unspecified atom stereocenters. The summed E-state index contributed by atoms with van der Waals surface area (Å²) in [6.45, 7) is 4.05. The third-order valence-electron chi connectivity index (χ3n) is 8.28. The molecule has 0 radical (unpaired) electrons. The first kappa shape index (κ1) is 45.6. The van der Waals surface area contributed by atoms with Crippen molar-refractivity contribution in [3.63, 3.8) is 0 Å². The van der Waals surface area contributed by atoms with E-state index >= 15 is 0 Å². The first-order valence-electron chi connectivity index (χ1n) is 19.8. The lowest BCUT2D eigenvalue weighted by Crippen LogP contribution is -2.28. The highest BCUT2D eigenvalue weighted by molar-refractivity contribution is 5.70. The highest BCUT2D eigenvalue weighted by Crippen LogP contribution is 2.12. The van der Waals surface area contributed by atoms with Gasteiger partial charge in [-0.25, -0.2) is 0 Å². The molecule has 1 atom stereocenters. The van der Waals surface area contributed by atoms with Crippen LogP contribution in [-0.2, 0) is 19.1 Å². The summed E-state index contributed by atoms with van der Waals surface area (Å²) in [5.41, 5.74) is 0. The van der Waals surface area contributed by atoms with Gasteiger partial charge in [-0.3, -0.25) is 9.59 Å². The summed E-state index contributed by atoms with van der Waals surface area (Å²) in [5.74, 6) is -0.664. The molecular weight excluding hydrogens is 596 g/mol. The fourth-order valence-corrected chi connectivity index (χ4v) is 5.25. The second kappa shape index (κ2) is 39.0. The molecule has 0 saturated carbocycles. The molecule has 0 spiro atoms. The molecule has 0 aromatic rings. The number of allylic oxidation sites excluding steroid dienone is 10. The summed E-state index contributed by atoms with van der Waals surface area (Å²) in [6, 6.07) is 0. The largest absolute Gasteiger partial charge is 0.462 e.